The van der Waals surface area contributed by atoms with E-state index >= 15 is 0 Å². The first-order chi connectivity index (χ1) is 4.16. The highest BCUT2D eigenvalue weighted by Gasteiger charge is 2.05. The summed E-state index contributed by atoms with van der Waals surface area (Å²) in [5.74, 6) is 0.669. The van der Waals surface area contributed by atoms with Gasteiger partial charge in [0.05, 0.1) is 12.0 Å². The molecule has 0 amide bonds. The highest BCUT2D eigenvalue weighted by Crippen LogP contribution is 2.09. The van der Waals surface area contributed by atoms with Crippen LogP contribution >= 0.6 is 11.6 Å². The minimum Gasteiger partial charge on any atom is -0.383 e. The van der Waals surface area contributed by atoms with E-state index in [0.717, 1.165) is 6.42 Å². The largest absolute Gasteiger partial charge is 0.383 e. The molecule has 1 nitrogen and oxygen atoms in total. The normalized spacial score (nSPS) is 14.3. The van der Waals surface area contributed by atoms with Crippen LogP contribution in [0.15, 0.2) is 0 Å². The van der Waals surface area contributed by atoms with Crippen molar-refractivity contribution in [1.29, 1.82) is 0 Å². The summed E-state index contributed by atoms with van der Waals surface area (Å²) < 4.78 is 4.87. The van der Waals surface area contributed by atoms with Crippen molar-refractivity contribution in [2.45, 2.75) is 25.6 Å². The lowest BCUT2D eigenvalue weighted by atomic mass is 10.1. The van der Waals surface area contributed by atoms with E-state index in [9.17, 15) is 0 Å². The van der Waals surface area contributed by atoms with E-state index in [0.29, 0.717) is 12.5 Å². The van der Waals surface area contributed by atoms with Gasteiger partial charge in [-0.05, 0) is 12.3 Å². The molecule has 0 N–H and O–H groups in total. The molecular weight excluding hydrogens is 136 g/mol. The first-order valence-electron chi connectivity index (χ1n) is 3.29. The molecule has 0 aliphatic rings. The van der Waals surface area contributed by atoms with Crippen LogP contribution in [-0.4, -0.2) is 19.1 Å². The van der Waals surface area contributed by atoms with Gasteiger partial charge in [0.1, 0.15) is 0 Å². The second kappa shape index (κ2) is 5.07. The number of ether oxygens (including phenoxy) is 1. The van der Waals surface area contributed by atoms with Crippen molar-refractivity contribution in [2.75, 3.05) is 13.7 Å². The highest BCUT2D eigenvalue weighted by atomic mass is 35.5. The summed E-state index contributed by atoms with van der Waals surface area (Å²) in [6.45, 7) is 4.98. The Kier molecular flexibility index (Phi) is 5.21. The van der Waals surface area contributed by atoms with Gasteiger partial charge in [-0.2, -0.15) is 0 Å². The van der Waals surface area contributed by atoms with Gasteiger partial charge in [0, 0.05) is 7.11 Å². The van der Waals surface area contributed by atoms with Crippen LogP contribution in [0.1, 0.15) is 20.3 Å². The molecular formula is C7H15ClO. The second-order valence-corrected chi connectivity index (χ2v) is 3.30. The molecule has 0 bridgehead atoms. The summed E-state index contributed by atoms with van der Waals surface area (Å²) in [6, 6.07) is 0. The number of hydrogen-bond acceptors (Lipinski definition) is 1. The minimum absolute atomic E-state index is 0.190. The van der Waals surface area contributed by atoms with Gasteiger partial charge in [0.25, 0.3) is 0 Å². The fourth-order valence-corrected chi connectivity index (χ4v) is 1.24. The highest BCUT2D eigenvalue weighted by molar-refractivity contribution is 6.20. The molecule has 9 heavy (non-hydrogen) atoms. The van der Waals surface area contributed by atoms with E-state index in [1.165, 1.54) is 0 Å². The van der Waals surface area contributed by atoms with Gasteiger partial charge in [-0.3, -0.25) is 0 Å². The van der Waals surface area contributed by atoms with Crippen molar-refractivity contribution >= 4 is 11.6 Å². The van der Waals surface area contributed by atoms with Gasteiger partial charge in [0.2, 0.25) is 0 Å². The maximum atomic E-state index is 5.85. The van der Waals surface area contributed by atoms with Crippen molar-refractivity contribution in [3.8, 4) is 0 Å². The molecule has 0 aromatic heterocycles. The molecule has 0 aromatic rings. The van der Waals surface area contributed by atoms with E-state index in [2.05, 4.69) is 13.8 Å². The van der Waals surface area contributed by atoms with E-state index in [1.807, 2.05) is 0 Å². The minimum atomic E-state index is 0.190. The topological polar surface area (TPSA) is 9.23 Å². The second-order valence-electron chi connectivity index (χ2n) is 2.68. The zero-order chi connectivity index (χ0) is 7.28. The Morgan fingerprint density at radius 1 is 1.44 bits per heavy atom. The molecule has 0 radical (unpaired) electrons. The molecule has 0 aliphatic heterocycles. The van der Waals surface area contributed by atoms with Crippen molar-refractivity contribution < 1.29 is 4.74 Å². The third-order valence-electron chi connectivity index (χ3n) is 1.07. The van der Waals surface area contributed by atoms with E-state index < -0.39 is 0 Å². The molecule has 0 fully saturated rings. The van der Waals surface area contributed by atoms with E-state index in [-0.39, 0.29) is 5.38 Å². The van der Waals surface area contributed by atoms with Crippen LogP contribution in [0.3, 0.4) is 0 Å². The molecule has 0 saturated carbocycles. The lowest BCUT2D eigenvalue weighted by Crippen LogP contribution is -2.09. The van der Waals surface area contributed by atoms with Crippen LogP contribution in [0.25, 0.3) is 0 Å². The summed E-state index contributed by atoms with van der Waals surface area (Å²) in [7, 11) is 1.68. The standard InChI is InChI=1S/C7H15ClO/c1-6(2)4-7(8)5-9-3/h6-7H,4-5H2,1-3H3. The van der Waals surface area contributed by atoms with Gasteiger partial charge >= 0.3 is 0 Å². The van der Waals surface area contributed by atoms with Crippen LogP contribution in [-0.2, 0) is 4.74 Å². The summed E-state index contributed by atoms with van der Waals surface area (Å²) in [5.41, 5.74) is 0. The quantitative estimate of drug-likeness (QED) is 0.559. The Balaban J connectivity index is 3.15. The summed E-state index contributed by atoms with van der Waals surface area (Å²) in [4.78, 5) is 0. The fourth-order valence-electron chi connectivity index (χ4n) is 0.760. The third-order valence-corrected chi connectivity index (χ3v) is 1.38. The summed E-state index contributed by atoms with van der Waals surface area (Å²) >= 11 is 5.85. The van der Waals surface area contributed by atoms with Crippen LogP contribution < -0.4 is 0 Å². The predicted octanol–water partition coefficient (Wildman–Crippen LogP) is 2.29. The molecule has 1 atom stereocenters. The average molecular weight is 151 g/mol. The molecule has 1 unspecified atom stereocenters. The lowest BCUT2D eigenvalue weighted by Gasteiger charge is -2.09. The molecule has 2 heteroatoms. The molecule has 0 rings (SSSR count). The lowest BCUT2D eigenvalue weighted by molar-refractivity contribution is 0.191. The molecule has 0 saturated heterocycles. The monoisotopic (exact) mass is 150 g/mol. The number of methoxy groups -OCH3 is 1. The van der Waals surface area contributed by atoms with Gasteiger partial charge in [-0.25, -0.2) is 0 Å². The van der Waals surface area contributed by atoms with Gasteiger partial charge < -0.3 is 4.74 Å². The van der Waals surface area contributed by atoms with Crippen molar-refractivity contribution in [3.63, 3.8) is 0 Å². The molecule has 0 spiro atoms. The number of rotatable bonds is 4. The van der Waals surface area contributed by atoms with Crippen LogP contribution in [0.5, 0.6) is 0 Å². The van der Waals surface area contributed by atoms with Crippen molar-refractivity contribution in [2.24, 2.45) is 5.92 Å². The first-order valence-corrected chi connectivity index (χ1v) is 3.73. The van der Waals surface area contributed by atoms with E-state index in [1.54, 1.807) is 7.11 Å². The molecule has 0 heterocycles. The molecule has 0 aromatic carbocycles. The van der Waals surface area contributed by atoms with Gasteiger partial charge in [0.15, 0.2) is 0 Å². The Labute approximate surface area is 62.3 Å². The Bertz CT molecular complexity index is 63.9. The average Bonchev–Trinajstić information content (AvgIpc) is 1.63. The molecule has 0 aliphatic carbocycles. The Hall–Kier alpha value is 0.250. The fraction of sp³-hybridized carbons (Fsp3) is 1.00. The van der Waals surface area contributed by atoms with Crippen LogP contribution in [0.4, 0.5) is 0 Å². The van der Waals surface area contributed by atoms with Crippen LogP contribution in [0, 0.1) is 5.92 Å². The predicted molar refractivity (Wildman–Crippen MR) is 41.0 cm³/mol. The maximum absolute atomic E-state index is 5.85. The third kappa shape index (κ3) is 6.13. The summed E-state index contributed by atoms with van der Waals surface area (Å²) in [5, 5.41) is 0.190. The Morgan fingerprint density at radius 2 is 2.00 bits per heavy atom. The van der Waals surface area contributed by atoms with Gasteiger partial charge in [-0.1, -0.05) is 13.8 Å². The Morgan fingerprint density at radius 3 is 2.33 bits per heavy atom. The zero-order valence-corrected chi connectivity index (χ0v) is 7.11. The van der Waals surface area contributed by atoms with Gasteiger partial charge in [-0.15, -0.1) is 11.6 Å². The first kappa shape index (κ1) is 9.25. The zero-order valence-electron chi connectivity index (χ0n) is 6.36. The number of halogens is 1. The SMILES string of the molecule is COCC(Cl)CC(C)C. The van der Waals surface area contributed by atoms with E-state index in [4.69, 9.17) is 16.3 Å². The maximum Gasteiger partial charge on any atom is 0.0626 e. The van der Waals surface area contributed by atoms with Crippen LogP contribution in [0.2, 0.25) is 0 Å². The summed E-state index contributed by atoms with van der Waals surface area (Å²) in [6.07, 6.45) is 1.04. The van der Waals surface area contributed by atoms with Crippen molar-refractivity contribution in [3.05, 3.63) is 0 Å². The number of alkyl halides is 1. The van der Waals surface area contributed by atoms with Crippen molar-refractivity contribution in [1.82, 2.24) is 0 Å². The number of hydrogen-bond donors (Lipinski definition) is 0. The smallest absolute Gasteiger partial charge is 0.0626 e. The molecule has 56 valence electrons.